The number of phenols is 1. The molecule has 0 bridgehead atoms. The van der Waals surface area contributed by atoms with Crippen LogP contribution < -0.4 is 36.2 Å². The van der Waals surface area contributed by atoms with Crippen LogP contribution in [0.2, 0.25) is 0 Å². The number of aromatic carboxylic acids is 1. The van der Waals surface area contributed by atoms with Gasteiger partial charge in [0.25, 0.3) is 5.91 Å². The topological polar surface area (TPSA) is 160 Å². The second-order valence-corrected chi connectivity index (χ2v) is 20.5. The van der Waals surface area contributed by atoms with Crippen LogP contribution in [0, 0.1) is 0 Å². The van der Waals surface area contributed by atoms with E-state index in [0.717, 1.165) is 86.1 Å². The molecular formula is C61H52N5O7S3+. The molecule has 6 aromatic carbocycles. The van der Waals surface area contributed by atoms with Gasteiger partial charge in [-0.25, -0.2) is 9.37 Å². The third-order valence-corrected chi connectivity index (χ3v) is 15.9. The molecule has 5 N–H and O–H groups in total. The zero-order valence-corrected chi connectivity index (χ0v) is 44.4. The number of rotatable bonds is 15. The van der Waals surface area contributed by atoms with Crippen LogP contribution in [0.4, 0.5) is 22.7 Å². The number of hydrogen-bond acceptors (Lipinski definition) is 10. The Kier molecular flexibility index (Phi) is 15.0. The lowest BCUT2D eigenvalue weighted by Gasteiger charge is -2.22. The average Bonchev–Trinajstić information content (AvgIpc) is 3.43. The molecule has 0 saturated carbocycles. The maximum atomic E-state index is 14.3. The molecule has 0 unspecified atom stereocenters. The van der Waals surface area contributed by atoms with Crippen LogP contribution in [0.15, 0.2) is 187 Å². The zero-order valence-electron chi connectivity index (χ0n) is 42.0. The molecule has 0 radical (unpaired) electrons. The summed E-state index contributed by atoms with van der Waals surface area (Å²) < 4.78 is 15.0. The molecule has 0 saturated heterocycles. The maximum Gasteiger partial charge on any atom is 0.336 e. The fourth-order valence-electron chi connectivity index (χ4n) is 9.57. The molecule has 0 fully saturated rings. The molecule has 0 aromatic heterocycles. The summed E-state index contributed by atoms with van der Waals surface area (Å²) in [6, 6.07) is 49.8. The molecule has 380 valence electrons. The first-order chi connectivity index (χ1) is 36.9. The first-order valence-electron chi connectivity index (χ1n) is 24.9. The van der Waals surface area contributed by atoms with Crippen LogP contribution in [-0.2, 0) is 0 Å². The monoisotopic (exact) mass is 1060 g/mol. The van der Waals surface area contributed by atoms with Gasteiger partial charge in [0.15, 0.2) is 10.5 Å². The Morgan fingerprint density at radius 3 is 1.82 bits per heavy atom. The summed E-state index contributed by atoms with van der Waals surface area (Å²) in [5, 5.41) is 32.9. The highest BCUT2D eigenvalue weighted by atomic mass is 33.1. The van der Waals surface area contributed by atoms with Crippen LogP contribution in [-0.4, -0.2) is 53.4 Å². The van der Waals surface area contributed by atoms with Crippen molar-refractivity contribution >= 4 is 95.5 Å². The lowest BCUT2D eigenvalue weighted by molar-refractivity contribution is 0.0697. The Hall–Kier alpha value is -8.37. The van der Waals surface area contributed by atoms with Crippen molar-refractivity contribution in [1.82, 2.24) is 4.58 Å². The van der Waals surface area contributed by atoms with E-state index in [-0.39, 0.29) is 39.1 Å². The summed E-state index contributed by atoms with van der Waals surface area (Å²) in [5.74, 6) is -0.390. The Labute approximate surface area is 451 Å². The van der Waals surface area contributed by atoms with Gasteiger partial charge in [0, 0.05) is 108 Å². The molecule has 6 aromatic rings. The molecule has 76 heavy (non-hydrogen) atoms. The number of anilines is 4. The number of thiocarbonyl (C=S) groups is 1. The lowest BCUT2D eigenvalue weighted by atomic mass is 9.90. The molecule has 10 rings (SSSR count). The van der Waals surface area contributed by atoms with Crippen molar-refractivity contribution in [2.75, 3.05) is 47.0 Å². The van der Waals surface area contributed by atoms with Gasteiger partial charge in [-0.2, -0.15) is 0 Å². The molecule has 0 atom stereocenters. The second kappa shape index (κ2) is 22.2. The van der Waals surface area contributed by atoms with E-state index >= 15 is 0 Å². The van der Waals surface area contributed by atoms with Crippen LogP contribution in [0.3, 0.4) is 0 Å². The van der Waals surface area contributed by atoms with Gasteiger partial charge >= 0.3 is 5.97 Å². The van der Waals surface area contributed by atoms with Crippen molar-refractivity contribution in [2.45, 2.75) is 37.5 Å². The SMILES string of the molecule is CCN(CC)c1ccc2c(-c3ccccc3C(=O)Nc3ccc(SSc4ccc(NC(=S)Nc5ccc(C(=O)O)c(-c6c7ccc(=O)cc-7oc7cc(O)ccc67)c5)cc4)cc3)c3ccc(=[N+](CC)CC)cc-3oc2c1. The van der Waals surface area contributed by atoms with E-state index in [1.807, 2.05) is 72.8 Å². The Morgan fingerprint density at radius 2 is 1.16 bits per heavy atom. The first-order valence-corrected chi connectivity index (χ1v) is 27.4. The van der Waals surface area contributed by atoms with E-state index in [1.165, 1.54) is 30.3 Å². The number of nitrogens with zero attached hydrogens (tertiary/aromatic N) is 2. The highest BCUT2D eigenvalue weighted by Gasteiger charge is 2.25. The van der Waals surface area contributed by atoms with Gasteiger partial charge in [0.1, 0.15) is 41.5 Å². The van der Waals surface area contributed by atoms with E-state index < -0.39 is 5.97 Å². The number of amides is 1. The number of benzene rings is 8. The van der Waals surface area contributed by atoms with Gasteiger partial charge in [-0.1, -0.05) is 39.8 Å². The van der Waals surface area contributed by atoms with Gasteiger partial charge in [-0.15, -0.1) is 0 Å². The van der Waals surface area contributed by atoms with Crippen LogP contribution in [0.25, 0.3) is 66.8 Å². The van der Waals surface area contributed by atoms with Gasteiger partial charge < -0.3 is 39.9 Å². The fraction of sp³-hybridized carbons (Fsp3) is 0.131. The number of carbonyl (C=O) groups excluding carboxylic acids is 1. The molecule has 2 aliphatic heterocycles. The Bertz CT molecular complexity index is 3920. The fourth-order valence-corrected chi connectivity index (χ4v) is 11.7. The second-order valence-electron chi connectivity index (χ2n) is 17.9. The number of hydrogen-bond donors (Lipinski definition) is 5. The number of carbonyl (C=O) groups is 2. The molecule has 4 aliphatic rings. The number of aromatic hydroxyl groups is 1. The van der Waals surface area contributed by atoms with E-state index in [0.29, 0.717) is 39.0 Å². The lowest BCUT2D eigenvalue weighted by Crippen LogP contribution is -2.29. The minimum atomic E-state index is -1.14. The van der Waals surface area contributed by atoms with Crippen molar-refractivity contribution in [2.24, 2.45) is 0 Å². The van der Waals surface area contributed by atoms with Crippen molar-refractivity contribution < 1.29 is 28.6 Å². The summed E-state index contributed by atoms with van der Waals surface area (Å²) in [4.78, 5) is 43.5. The van der Waals surface area contributed by atoms with Crippen molar-refractivity contribution in [3.05, 3.63) is 190 Å². The number of phenolic OH excluding ortho intramolecular Hbond substituents is 1. The van der Waals surface area contributed by atoms with Crippen molar-refractivity contribution in [3.63, 3.8) is 0 Å². The average molecular weight is 1060 g/mol. The molecule has 2 aliphatic carbocycles. The quantitative estimate of drug-likeness (QED) is 0.0286. The smallest absolute Gasteiger partial charge is 0.336 e. The minimum Gasteiger partial charge on any atom is -0.508 e. The molecule has 12 nitrogen and oxygen atoms in total. The highest BCUT2D eigenvalue weighted by molar-refractivity contribution is 8.76. The molecule has 2 heterocycles. The Morgan fingerprint density at radius 1 is 0.579 bits per heavy atom. The minimum absolute atomic E-state index is 0.0292. The first kappa shape index (κ1) is 51.1. The van der Waals surface area contributed by atoms with Gasteiger partial charge in [0.2, 0.25) is 5.36 Å². The number of nitrogens with one attached hydrogen (secondary N) is 3. The summed E-state index contributed by atoms with van der Waals surface area (Å²) in [6.45, 7) is 12.1. The summed E-state index contributed by atoms with van der Waals surface area (Å²) in [5.41, 5.74) is 8.49. The predicted molar refractivity (Wildman–Crippen MR) is 314 cm³/mol. The molecule has 15 heteroatoms. The maximum absolute atomic E-state index is 14.3. The van der Waals surface area contributed by atoms with E-state index in [1.54, 1.807) is 45.9 Å². The number of carboxylic acids is 1. The van der Waals surface area contributed by atoms with Crippen LogP contribution in [0.5, 0.6) is 5.75 Å². The van der Waals surface area contributed by atoms with Gasteiger partial charge in [-0.05, 0) is 166 Å². The molecular weight excluding hydrogens is 1010 g/mol. The van der Waals surface area contributed by atoms with E-state index in [4.69, 9.17) is 21.1 Å². The number of fused-ring (bicyclic) bond motifs is 4. The number of carboxylic acid groups (broad SMARTS) is 1. The summed E-state index contributed by atoms with van der Waals surface area (Å²) in [6.07, 6.45) is 0. The third-order valence-electron chi connectivity index (χ3n) is 13.3. The Balaban J connectivity index is 0.815. The predicted octanol–water partition coefficient (Wildman–Crippen LogP) is 14.0. The zero-order chi connectivity index (χ0) is 53.0. The van der Waals surface area contributed by atoms with E-state index in [2.05, 4.69) is 89.5 Å². The summed E-state index contributed by atoms with van der Waals surface area (Å²) >= 11 is 5.70. The van der Waals surface area contributed by atoms with Crippen molar-refractivity contribution in [3.8, 4) is 50.7 Å². The van der Waals surface area contributed by atoms with Crippen molar-refractivity contribution in [1.29, 1.82) is 0 Å². The van der Waals surface area contributed by atoms with Gasteiger partial charge in [0.05, 0.1) is 11.6 Å². The summed E-state index contributed by atoms with van der Waals surface area (Å²) in [7, 11) is 3.18. The van der Waals surface area contributed by atoms with E-state index in [9.17, 15) is 24.6 Å². The van der Waals surface area contributed by atoms with Gasteiger partial charge in [-0.3, -0.25) is 9.59 Å². The van der Waals surface area contributed by atoms with Crippen LogP contribution >= 0.6 is 33.8 Å². The molecule has 1 amide bonds. The standard InChI is InChI=1S/C61H51N5O7S3/c1-5-65(6-2)39-18-27-48-53(32-39)72-54-33-40(66(7-3)8-4)19-28-49(54)57(48)45-11-9-10-12-46(45)59(69)62-36-13-22-43(23-14-36)75-76-44-24-15-37(16-25-44)63-61(74)64-38-17-26-47(60(70)71)52(31-38)58-50-29-20-41(67)34-55(50)73-56-35-42(68)21-30-51(56)58/h9-35H,5-8H2,1-4H3,(H4-,62,63,64,67,68,69,70,71,74)/p+1. The normalized spacial score (nSPS) is 11.3. The largest absolute Gasteiger partial charge is 0.508 e. The highest BCUT2D eigenvalue weighted by Crippen LogP contribution is 2.45. The third kappa shape index (κ3) is 10.6. The van der Waals surface area contributed by atoms with Crippen LogP contribution in [0.1, 0.15) is 48.4 Å². The molecule has 0 spiro atoms.